The topological polar surface area (TPSA) is 193 Å². The maximum absolute atomic E-state index is 13.8. The molecular formula is C35H36ClF5N8O6S. The van der Waals surface area contributed by atoms with Crippen LogP contribution in [0.1, 0.15) is 67.3 Å². The van der Waals surface area contributed by atoms with Crippen LogP contribution in [0.2, 0.25) is 5.02 Å². The number of nitrogens with zero attached hydrogens (tertiary/aromatic N) is 3. The van der Waals surface area contributed by atoms with E-state index in [2.05, 4.69) is 36.2 Å². The molecule has 7 rings (SSSR count). The number of aromatic nitrogens is 3. The number of carbonyl (C=O) groups excluding carboxylic acids is 3. The van der Waals surface area contributed by atoms with Crippen LogP contribution in [0.3, 0.4) is 0 Å². The van der Waals surface area contributed by atoms with E-state index in [0.29, 0.717) is 36.4 Å². The molecule has 3 amide bonds. The Labute approximate surface area is 322 Å². The van der Waals surface area contributed by atoms with Gasteiger partial charge in [0.15, 0.2) is 6.61 Å². The van der Waals surface area contributed by atoms with Gasteiger partial charge >= 0.3 is 12.2 Å². The molecule has 2 aromatic carbocycles. The molecule has 4 fully saturated rings. The Morgan fingerprint density at radius 1 is 0.911 bits per heavy atom. The number of anilines is 3. The smallest absolute Gasteiger partial charge is 0.422 e. The normalized spacial score (nSPS) is 23.0. The Balaban J connectivity index is 0.922. The van der Waals surface area contributed by atoms with Crippen molar-refractivity contribution in [3.05, 3.63) is 64.7 Å². The third-order valence-electron chi connectivity index (χ3n) is 10.1. The summed E-state index contributed by atoms with van der Waals surface area (Å²) in [6.45, 7) is -1.59. The van der Waals surface area contributed by atoms with Crippen molar-refractivity contribution in [3.8, 4) is 6.01 Å². The van der Waals surface area contributed by atoms with Crippen molar-refractivity contribution in [1.82, 2.24) is 30.3 Å². The second kappa shape index (κ2) is 14.6. The molecule has 3 aromatic rings. The first-order chi connectivity index (χ1) is 26.4. The zero-order valence-electron chi connectivity index (χ0n) is 29.4. The molecule has 21 heteroatoms. The maximum atomic E-state index is 13.8. The Morgan fingerprint density at radius 2 is 1.57 bits per heavy atom. The zero-order valence-corrected chi connectivity index (χ0v) is 31.0. The summed E-state index contributed by atoms with van der Waals surface area (Å²) in [7, 11) is -3.97. The van der Waals surface area contributed by atoms with Crippen LogP contribution in [0.25, 0.3) is 0 Å². The number of sulfonamides is 1. The highest BCUT2D eigenvalue weighted by Gasteiger charge is 2.75. The van der Waals surface area contributed by atoms with Crippen molar-refractivity contribution in [2.45, 2.75) is 79.8 Å². The van der Waals surface area contributed by atoms with Crippen LogP contribution in [-0.4, -0.2) is 77.1 Å². The van der Waals surface area contributed by atoms with Gasteiger partial charge in [-0.15, -0.1) is 0 Å². The number of benzene rings is 2. The largest absolute Gasteiger partial charge is 0.454 e. The van der Waals surface area contributed by atoms with Gasteiger partial charge in [-0.2, -0.15) is 28.1 Å². The number of halogens is 6. The lowest BCUT2D eigenvalue weighted by molar-refractivity contribution is -0.154. The summed E-state index contributed by atoms with van der Waals surface area (Å²) in [6, 6.07) is 12.5. The molecular weight excluding hydrogens is 791 g/mol. The molecule has 1 heterocycles. The first-order valence-corrected chi connectivity index (χ1v) is 19.7. The molecule has 4 aliphatic rings. The molecule has 0 spiro atoms. The number of carbonyl (C=O) groups is 3. The fraction of sp³-hybridized carbons (Fsp3) is 0.486. The molecule has 0 radical (unpaired) electrons. The van der Waals surface area contributed by atoms with Crippen LogP contribution in [0.15, 0.2) is 48.5 Å². The number of rotatable bonds is 17. The third-order valence-corrected chi connectivity index (χ3v) is 12.2. The van der Waals surface area contributed by atoms with E-state index in [0.717, 1.165) is 5.56 Å². The van der Waals surface area contributed by atoms with Gasteiger partial charge in [0.05, 0.1) is 10.8 Å². The fourth-order valence-electron chi connectivity index (χ4n) is 6.56. The molecule has 4 saturated carbocycles. The van der Waals surface area contributed by atoms with Crippen LogP contribution in [0.5, 0.6) is 6.01 Å². The number of hydrogen-bond acceptors (Lipinski definition) is 11. The van der Waals surface area contributed by atoms with Gasteiger partial charge in [0.1, 0.15) is 5.54 Å². The Morgan fingerprint density at radius 3 is 2.18 bits per heavy atom. The second-order valence-electron chi connectivity index (χ2n) is 14.5. The Hall–Kier alpha value is -4.85. The predicted octanol–water partition coefficient (Wildman–Crippen LogP) is 4.96. The lowest BCUT2D eigenvalue weighted by Gasteiger charge is -2.19. The van der Waals surface area contributed by atoms with E-state index in [-0.39, 0.29) is 43.3 Å². The molecule has 300 valence electrons. The van der Waals surface area contributed by atoms with E-state index in [1.165, 1.54) is 24.3 Å². The van der Waals surface area contributed by atoms with Crippen LogP contribution in [-0.2, 0) is 25.2 Å². The van der Waals surface area contributed by atoms with Gasteiger partial charge < -0.3 is 26.0 Å². The van der Waals surface area contributed by atoms with Crippen molar-refractivity contribution < 1.29 is 49.5 Å². The highest BCUT2D eigenvalue weighted by Crippen LogP contribution is 2.64. The van der Waals surface area contributed by atoms with Gasteiger partial charge in [0.25, 0.3) is 17.7 Å². The Bertz CT molecular complexity index is 2120. The number of amides is 3. The monoisotopic (exact) mass is 826 g/mol. The van der Waals surface area contributed by atoms with Crippen molar-refractivity contribution in [1.29, 1.82) is 0 Å². The quantitative estimate of drug-likeness (QED) is 0.0913. The minimum atomic E-state index is -4.64. The van der Waals surface area contributed by atoms with Crippen molar-refractivity contribution in [3.63, 3.8) is 0 Å². The third kappa shape index (κ3) is 9.22. The molecule has 0 bridgehead atoms. The molecule has 1 unspecified atom stereocenters. The van der Waals surface area contributed by atoms with E-state index in [1.54, 1.807) is 12.1 Å². The van der Waals surface area contributed by atoms with Gasteiger partial charge in [0.2, 0.25) is 27.8 Å². The van der Waals surface area contributed by atoms with Gasteiger partial charge in [-0.25, -0.2) is 17.2 Å². The molecule has 5 N–H and O–H groups in total. The molecule has 4 aliphatic carbocycles. The van der Waals surface area contributed by atoms with E-state index in [9.17, 15) is 44.8 Å². The van der Waals surface area contributed by atoms with Gasteiger partial charge in [0, 0.05) is 47.5 Å². The van der Waals surface area contributed by atoms with E-state index < -0.39 is 87.0 Å². The van der Waals surface area contributed by atoms with Crippen molar-refractivity contribution in [2.75, 3.05) is 23.8 Å². The summed E-state index contributed by atoms with van der Waals surface area (Å²) >= 11 is 6.02. The number of nitrogens with one attached hydrogen (secondary N) is 5. The minimum Gasteiger partial charge on any atom is -0.454 e. The summed E-state index contributed by atoms with van der Waals surface area (Å²) in [6.07, 6.45) is -3.06. The molecule has 0 saturated heterocycles. The molecule has 3 atom stereocenters. The minimum absolute atomic E-state index is 0.0295. The standard InChI is InChI=1S/C35H36ClF5N8O6S/c36-21-7-5-20(6-8-21)32(13-14-32)48-30-44-29(45-31(46-30)55-18-35(39,40)41)43-22-9-3-19(4-10-22)27(51)42-15-1-2-26(50)47-33(16-24(33)25-17-34(25,37)38)28(52)49-56(53,54)23-11-12-23/h3-10,23-25H,1-2,11-18H2,(H,42,51)(H,47,50)(H,49,52)(H2,43,44,45,46,48)/t24-,25?,33+/m0/s1. The SMILES string of the molecule is O=C(CCCNC(=O)c1ccc(Nc2nc(NC3(c4ccc(Cl)cc4)CC3)nc(OCC(F)(F)F)n2)cc1)N[C@]1(C(=O)NS(=O)(=O)C2CC2)C[C@H]1C1CC1(F)F. The average molecular weight is 827 g/mol. The maximum Gasteiger partial charge on any atom is 0.422 e. The molecule has 0 aliphatic heterocycles. The van der Waals surface area contributed by atoms with E-state index in [4.69, 9.17) is 16.3 Å². The number of hydrogen-bond donors (Lipinski definition) is 5. The summed E-state index contributed by atoms with van der Waals surface area (Å²) in [5.74, 6) is -7.32. The number of ether oxygens (including phenoxy) is 1. The number of alkyl halides is 5. The molecule has 14 nitrogen and oxygen atoms in total. The highest BCUT2D eigenvalue weighted by atomic mass is 35.5. The second-order valence-corrected chi connectivity index (χ2v) is 16.9. The Kier molecular flexibility index (Phi) is 10.3. The van der Waals surface area contributed by atoms with Crippen LogP contribution in [0, 0.1) is 11.8 Å². The van der Waals surface area contributed by atoms with Crippen molar-refractivity contribution in [2.24, 2.45) is 11.8 Å². The summed E-state index contributed by atoms with van der Waals surface area (Å²) < 4.78 is 98.0. The van der Waals surface area contributed by atoms with E-state index in [1.807, 2.05) is 16.9 Å². The lowest BCUT2D eigenvalue weighted by atomic mass is 10.1. The van der Waals surface area contributed by atoms with Crippen LogP contribution < -0.4 is 30.7 Å². The van der Waals surface area contributed by atoms with Crippen LogP contribution in [0.4, 0.5) is 39.5 Å². The molecule has 1 aromatic heterocycles. The fourth-order valence-corrected chi connectivity index (χ4v) is 8.05. The lowest BCUT2D eigenvalue weighted by Crippen LogP contribution is -2.52. The van der Waals surface area contributed by atoms with Crippen LogP contribution >= 0.6 is 11.6 Å². The summed E-state index contributed by atoms with van der Waals surface area (Å²) in [4.78, 5) is 50.9. The van der Waals surface area contributed by atoms with Gasteiger partial charge in [-0.1, -0.05) is 23.7 Å². The average Bonchev–Trinajstić information content (AvgIpc) is 3.93. The zero-order chi connectivity index (χ0) is 40.1. The first kappa shape index (κ1) is 39.4. The molecule has 56 heavy (non-hydrogen) atoms. The predicted molar refractivity (Wildman–Crippen MR) is 191 cm³/mol. The van der Waals surface area contributed by atoms with Gasteiger partial charge in [-0.05, 0) is 80.5 Å². The van der Waals surface area contributed by atoms with E-state index >= 15 is 0 Å². The van der Waals surface area contributed by atoms with Gasteiger partial charge in [-0.3, -0.25) is 19.1 Å². The summed E-state index contributed by atoms with van der Waals surface area (Å²) in [5, 5.41) is 11.0. The first-order valence-electron chi connectivity index (χ1n) is 17.8. The summed E-state index contributed by atoms with van der Waals surface area (Å²) in [5.41, 5.74) is -0.806. The highest BCUT2D eigenvalue weighted by molar-refractivity contribution is 7.91. The van der Waals surface area contributed by atoms with Crippen molar-refractivity contribution >= 4 is 56.9 Å².